The smallest absolute Gasteiger partial charge is 0.317 e. The molecule has 9 heteroatoms. The van der Waals surface area contributed by atoms with Crippen LogP contribution in [-0.4, -0.2) is 59.1 Å². The number of nitrogens with zero attached hydrogens (tertiary/aromatic N) is 2. The molecule has 1 aromatic rings. The predicted octanol–water partition coefficient (Wildman–Crippen LogP) is 1.66. The summed E-state index contributed by atoms with van der Waals surface area (Å²) >= 11 is 0. The number of hydrogen-bond acceptors (Lipinski definition) is 6. The third kappa shape index (κ3) is 4.73. The number of carboxylic acid groups (broad SMARTS) is 1. The highest BCUT2D eigenvalue weighted by molar-refractivity contribution is 5.95. The molecule has 0 aliphatic heterocycles. The molecule has 0 atom stereocenters. The number of hydrogen-bond donors (Lipinski definition) is 2. The molecule has 3 rings (SSSR count). The third-order valence-electron chi connectivity index (χ3n) is 5.13. The van der Waals surface area contributed by atoms with Crippen LogP contribution in [0.25, 0.3) is 0 Å². The van der Waals surface area contributed by atoms with Crippen molar-refractivity contribution in [1.82, 2.24) is 10.2 Å². The van der Waals surface area contributed by atoms with Gasteiger partial charge in [0.25, 0.3) is 5.91 Å². The van der Waals surface area contributed by atoms with Gasteiger partial charge in [0.15, 0.2) is 5.75 Å². The maximum absolute atomic E-state index is 12.4. The number of methoxy groups -OCH3 is 1. The molecule has 0 saturated heterocycles. The summed E-state index contributed by atoms with van der Waals surface area (Å²) in [5.41, 5.74) is 0.100. The molecule has 0 spiro atoms. The first-order valence-corrected chi connectivity index (χ1v) is 8.96. The summed E-state index contributed by atoms with van der Waals surface area (Å²) in [4.78, 5) is 35.8. The summed E-state index contributed by atoms with van der Waals surface area (Å²) in [5, 5.41) is 22.9. The number of carboxylic acids is 1. The van der Waals surface area contributed by atoms with E-state index in [0.29, 0.717) is 24.3 Å². The van der Waals surface area contributed by atoms with Crippen molar-refractivity contribution in [2.45, 2.75) is 37.8 Å². The van der Waals surface area contributed by atoms with E-state index in [2.05, 4.69) is 5.32 Å². The Morgan fingerprint density at radius 3 is 2.63 bits per heavy atom. The number of aliphatic carboxylic acids is 1. The summed E-state index contributed by atoms with van der Waals surface area (Å²) < 4.78 is 4.99. The normalized spacial score (nSPS) is 21.4. The predicted molar refractivity (Wildman–Crippen MR) is 95.9 cm³/mol. The van der Waals surface area contributed by atoms with Crippen molar-refractivity contribution in [3.8, 4) is 5.75 Å². The summed E-state index contributed by atoms with van der Waals surface area (Å²) in [5.74, 6) is -0.512. The highest BCUT2D eigenvalue weighted by Gasteiger charge is 2.37. The van der Waals surface area contributed by atoms with E-state index in [-0.39, 0.29) is 36.0 Å². The minimum Gasteiger partial charge on any atom is -0.490 e. The van der Waals surface area contributed by atoms with Crippen molar-refractivity contribution in [3.63, 3.8) is 0 Å². The number of carbonyl (C=O) groups excluding carboxylic acids is 1. The lowest BCUT2D eigenvalue weighted by atomic mass is 9.85. The molecule has 146 valence electrons. The van der Waals surface area contributed by atoms with E-state index in [1.807, 2.05) is 4.90 Å². The highest BCUT2D eigenvalue weighted by atomic mass is 16.6. The second-order valence-corrected chi connectivity index (χ2v) is 7.21. The molecule has 27 heavy (non-hydrogen) atoms. The molecule has 2 fully saturated rings. The van der Waals surface area contributed by atoms with E-state index in [1.165, 1.54) is 25.3 Å². The minimum absolute atomic E-state index is 0.0285. The van der Waals surface area contributed by atoms with E-state index < -0.39 is 10.9 Å². The maximum Gasteiger partial charge on any atom is 0.317 e. The largest absolute Gasteiger partial charge is 0.490 e. The van der Waals surface area contributed by atoms with Crippen LogP contribution in [0.3, 0.4) is 0 Å². The van der Waals surface area contributed by atoms with Crippen molar-refractivity contribution < 1.29 is 24.4 Å². The van der Waals surface area contributed by atoms with E-state index in [9.17, 15) is 19.7 Å². The van der Waals surface area contributed by atoms with Crippen LogP contribution in [0.2, 0.25) is 0 Å². The molecule has 2 N–H and O–H groups in total. The molecule has 0 heterocycles. The molecule has 1 aromatic carbocycles. The van der Waals surface area contributed by atoms with Crippen molar-refractivity contribution in [2.75, 3.05) is 20.2 Å². The number of ether oxygens (including phenoxy) is 1. The van der Waals surface area contributed by atoms with Gasteiger partial charge in [-0.3, -0.25) is 24.6 Å². The summed E-state index contributed by atoms with van der Waals surface area (Å²) in [7, 11) is 1.32. The molecule has 0 unspecified atom stereocenters. The molecule has 2 saturated carbocycles. The average Bonchev–Trinajstić information content (AvgIpc) is 3.39. The van der Waals surface area contributed by atoms with E-state index in [1.54, 1.807) is 0 Å². The van der Waals surface area contributed by atoms with Gasteiger partial charge in [-0.1, -0.05) is 0 Å². The van der Waals surface area contributed by atoms with Gasteiger partial charge >= 0.3 is 11.7 Å². The lowest BCUT2D eigenvalue weighted by Gasteiger charge is -2.42. The van der Waals surface area contributed by atoms with Crippen LogP contribution in [0.5, 0.6) is 5.75 Å². The first-order chi connectivity index (χ1) is 12.9. The molecule has 0 bridgehead atoms. The molecular weight excluding hydrogens is 354 g/mol. The van der Waals surface area contributed by atoms with E-state index >= 15 is 0 Å². The van der Waals surface area contributed by atoms with Gasteiger partial charge in [0.1, 0.15) is 0 Å². The van der Waals surface area contributed by atoms with Crippen LogP contribution in [-0.2, 0) is 4.79 Å². The van der Waals surface area contributed by atoms with E-state index in [0.717, 1.165) is 19.4 Å². The number of carbonyl (C=O) groups is 2. The fourth-order valence-corrected chi connectivity index (χ4v) is 3.39. The number of benzene rings is 1. The molecule has 2 aliphatic carbocycles. The molecule has 1 amide bonds. The molecule has 0 radical (unpaired) electrons. The Morgan fingerprint density at radius 1 is 1.37 bits per heavy atom. The van der Waals surface area contributed by atoms with Crippen molar-refractivity contribution in [2.24, 2.45) is 5.92 Å². The Bertz CT molecular complexity index is 743. The number of rotatable bonds is 9. The average molecular weight is 377 g/mol. The summed E-state index contributed by atoms with van der Waals surface area (Å²) in [6, 6.07) is 4.14. The first kappa shape index (κ1) is 19.1. The molecule has 9 nitrogen and oxygen atoms in total. The number of nitro groups is 1. The van der Waals surface area contributed by atoms with Crippen LogP contribution in [0.4, 0.5) is 5.69 Å². The zero-order valence-corrected chi connectivity index (χ0v) is 15.1. The summed E-state index contributed by atoms with van der Waals surface area (Å²) in [6.45, 7) is 0.832. The van der Waals surface area contributed by atoms with Crippen LogP contribution in [0.1, 0.15) is 36.0 Å². The van der Waals surface area contributed by atoms with Gasteiger partial charge in [0.2, 0.25) is 0 Å². The highest BCUT2D eigenvalue weighted by Crippen LogP contribution is 2.34. The van der Waals surface area contributed by atoms with Gasteiger partial charge in [-0.05, 0) is 37.7 Å². The van der Waals surface area contributed by atoms with Crippen molar-refractivity contribution in [3.05, 3.63) is 33.9 Å². The minimum atomic E-state index is -0.832. The van der Waals surface area contributed by atoms with Crippen LogP contribution < -0.4 is 10.1 Å². The van der Waals surface area contributed by atoms with Crippen LogP contribution >= 0.6 is 0 Å². The van der Waals surface area contributed by atoms with Gasteiger partial charge < -0.3 is 15.2 Å². The third-order valence-corrected chi connectivity index (χ3v) is 5.13. The van der Waals surface area contributed by atoms with Gasteiger partial charge in [-0.2, -0.15) is 0 Å². The SMILES string of the molecule is COc1cc(C(=O)NC2CC(N(CC(=O)O)CC3CC3)C2)ccc1[N+](=O)[O-]. The Morgan fingerprint density at radius 2 is 2.07 bits per heavy atom. The second-order valence-electron chi connectivity index (χ2n) is 7.21. The van der Waals surface area contributed by atoms with Gasteiger partial charge in [-0.15, -0.1) is 0 Å². The standard InChI is InChI=1S/C18H23N3O6/c1-27-16-6-12(4-5-15(16)21(25)26)18(24)19-13-7-14(8-13)20(10-17(22)23)9-11-2-3-11/h4-6,11,13-14H,2-3,7-10H2,1H3,(H,19,24)(H,22,23). The fraction of sp³-hybridized carbons (Fsp3) is 0.556. The van der Waals surface area contributed by atoms with Crippen LogP contribution in [0, 0.1) is 16.0 Å². The first-order valence-electron chi connectivity index (χ1n) is 8.96. The zero-order chi connectivity index (χ0) is 19.6. The lowest BCUT2D eigenvalue weighted by Crippen LogP contribution is -2.55. The fourth-order valence-electron chi connectivity index (χ4n) is 3.39. The number of nitro benzene ring substituents is 1. The van der Waals surface area contributed by atoms with Gasteiger partial charge in [-0.25, -0.2) is 0 Å². The summed E-state index contributed by atoms with van der Waals surface area (Å²) in [6.07, 6.45) is 3.72. The monoisotopic (exact) mass is 377 g/mol. The van der Waals surface area contributed by atoms with Gasteiger partial charge in [0, 0.05) is 36.3 Å². The van der Waals surface area contributed by atoms with Crippen molar-refractivity contribution >= 4 is 17.6 Å². The zero-order valence-electron chi connectivity index (χ0n) is 15.1. The molecule has 2 aliphatic rings. The van der Waals surface area contributed by atoms with Gasteiger partial charge in [0.05, 0.1) is 18.6 Å². The second kappa shape index (κ2) is 7.91. The Hall–Kier alpha value is -2.68. The quantitative estimate of drug-likeness (QED) is 0.496. The Kier molecular flexibility index (Phi) is 5.59. The van der Waals surface area contributed by atoms with Crippen molar-refractivity contribution in [1.29, 1.82) is 0 Å². The maximum atomic E-state index is 12.4. The Labute approximate surface area is 156 Å². The Balaban J connectivity index is 1.55. The van der Waals surface area contributed by atoms with Crippen LogP contribution in [0.15, 0.2) is 18.2 Å². The lowest BCUT2D eigenvalue weighted by molar-refractivity contribution is -0.385. The van der Waals surface area contributed by atoms with E-state index in [4.69, 9.17) is 9.84 Å². The molecular formula is C18H23N3O6. The molecule has 0 aromatic heterocycles. The topological polar surface area (TPSA) is 122 Å². The number of nitrogens with one attached hydrogen (secondary N) is 1. The number of amides is 1.